The zero-order valence-electron chi connectivity index (χ0n) is 18.2. The maximum absolute atomic E-state index is 11.0. The molecule has 1 aliphatic rings. The molecule has 33 heavy (non-hydrogen) atoms. The highest BCUT2D eigenvalue weighted by molar-refractivity contribution is 5.95. The van der Waals surface area contributed by atoms with Crippen LogP contribution in [0.5, 0.6) is 5.75 Å². The van der Waals surface area contributed by atoms with Gasteiger partial charge < -0.3 is 19.7 Å². The molecule has 1 aromatic heterocycles. The summed E-state index contributed by atoms with van der Waals surface area (Å²) < 4.78 is 11.1. The van der Waals surface area contributed by atoms with Gasteiger partial charge in [0.2, 0.25) is 5.96 Å². The number of nitrogens with one attached hydrogen (secondary N) is 2. The molecule has 0 spiro atoms. The van der Waals surface area contributed by atoms with E-state index in [4.69, 9.17) is 9.26 Å². The molecule has 2 atom stereocenters. The molecule has 0 bridgehead atoms. The summed E-state index contributed by atoms with van der Waals surface area (Å²) >= 11 is 0. The number of aliphatic hydroxyl groups excluding tert-OH is 1. The summed E-state index contributed by atoms with van der Waals surface area (Å²) in [5.41, 5.74) is 1.32. The molecule has 0 saturated heterocycles. The maximum Gasteiger partial charge on any atom is 0.257 e. The van der Waals surface area contributed by atoms with Crippen LogP contribution in [0.2, 0.25) is 0 Å². The number of hydrogen-bond donors (Lipinski definition) is 3. The van der Waals surface area contributed by atoms with Crippen LogP contribution in [-0.4, -0.2) is 32.9 Å². The Balaban J connectivity index is 1.71. The van der Waals surface area contributed by atoms with E-state index in [1.807, 2.05) is 12.3 Å². The predicted molar refractivity (Wildman–Crippen MR) is 119 cm³/mol. The summed E-state index contributed by atoms with van der Waals surface area (Å²) in [7, 11) is 0. The normalized spacial score (nSPS) is 18.9. The number of aliphatic imine (C=N–C) groups is 1. The topological polar surface area (TPSA) is 152 Å². The molecule has 3 aromatic rings. The Kier molecular flexibility index (Phi) is 5.69. The first-order chi connectivity index (χ1) is 15.8. The molecular formula is C23H21N7O3. The molecular weight excluding hydrogens is 422 g/mol. The number of hydrogen-bond acceptors (Lipinski definition) is 8. The van der Waals surface area contributed by atoms with Crippen LogP contribution in [-0.2, 0) is 0 Å². The fourth-order valence-electron chi connectivity index (χ4n) is 3.55. The van der Waals surface area contributed by atoms with Gasteiger partial charge in [-0.15, -0.1) is 0 Å². The largest absolute Gasteiger partial charge is 0.485 e. The first-order valence-corrected chi connectivity index (χ1v) is 10.1. The van der Waals surface area contributed by atoms with Crippen molar-refractivity contribution in [2.24, 2.45) is 4.99 Å². The van der Waals surface area contributed by atoms with Crippen molar-refractivity contribution in [1.82, 2.24) is 15.5 Å². The van der Waals surface area contributed by atoms with Gasteiger partial charge >= 0.3 is 0 Å². The monoisotopic (exact) mass is 443 g/mol. The highest BCUT2D eigenvalue weighted by Crippen LogP contribution is 2.42. The molecule has 0 radical (unpaired) electrons. The first kappa shape index (κ1) is 21.8. The zero-order chi connectivity index (χ0) is 23.6. The van der Waals surface area contributed by atoms with E-state index in [2.05, 4.69) is 31.8 Å². The summed E-state index contributed by atoms with van der Waals surface area (Å²) in [6, 6.07) is 13.4. The van der Waals surface area contributed by atoms with Crippen molar-refractivity contribution in [3.05, 3.63) is 59.4 Å². The first-order valence-electron chi connectivity index (χ1n) is 10.1. The molecule has 4 rings (SSSR count). The van der Waals surface area contributed by atoms with E-state index in [1.165, 1.54) is 0 Å². The molecule has 0 aliphatic carbocycles. The highest BCUT2D eigenvalue weighted by Gasteiger charge is 2.43. The number of benzene rings is 2. The number of aromatic nitrogens is 2. The number of aryl methyl sites for hydroxylation is 1. The quantitative estimate of drug-likeness (QED) is 0.240. The molecule has 0 amide bonds. The van der Waals surface area contributed by atoms with Crippen LogP contribution in [0.15, 0.2) is 52.0 Å². The van der Waals surface area contributed by atoms with Crippen molar-refractivity contribution < 1.29 is 14.4 Å². The van der Waals surface area contributed by atoms with Crippen LogP contribution in [0, 0.1) is 29.7 Å². The Morgan fingerprint density at radius 3 is 2.73 bits per heavy atom. The average molecular weight is 443 g/mol. The second kappa shape index (κ2) is 8.61. The smallest absolute Gasteiger partial charge is 0.257 e. The lowest BCUT2D eigenvalue weighted by molar-refractivity contribution is -0.0567. The van der Waals surface area contributed by atoms with Gasteiger partial charge in [-0.2, -0.15) is 15.5 Å². The number of nitriles is 2. The number of anilines is 1. The third-order valence-electron chi connectivity index (χ3n) is 5.18. The van der Waals surface area contributed by atoms with E-state index in [0.29, 0.717) is 39.8 Å². The van der Waals surface area contributed by atoms with Gasteiger partial charge in [0.15, 0.2) is 12.0 Å². The minimum absolute atomic E-state index is 0.117. The Morgan fingerprint density at radius 2 is 2.03 bits per heavy atom. The van der Waals surface area contributed by atoms with E-state index in [9.17, 15) is 15.6 Å². The summed E-state index contributed by atoms with van der Waals surface area (Å²) in [5, 5.41) is 39.0. The molecule has 10 nitrogen and oxygen atoms in total. The van der Waals surface area contributed by atoms with Crippen LogP contribution in [0.4, 0.5) is 5.69 Å². The molecule has 166 valence electrons. The van der Waals surface area contributed by atoms with Crippen LogP contribution >= 0.6 is 0 Å². The highest BCUT2D eigenvalue weighted by atomic mass is 16.5. The van der Waals surface area contributed by atoms with Gasteiger partial charge in [0.1, 0.15) is 23.5 Å². The zero-order valence-corrected chi connectivity index (χ0v) is 18.2. The number of ether oxygens (including phenoxy) is 1. The molecule has 2 heterocycles. The van der Waals surface area contributed by atoms with Crippen molar-refractivity contribution in [2.45, 2.75) is 38.5 Å². The van der Waals surface area contributed by atoms with E-state index >= 15 is 0 Å². The molecule has 1 aliphatic heterocycles. The van der Waals surface area contributed by atoms with Crippen molar-refractivity contribution in [1.29, 1.82) is 10.5 Å². The Hall–Kier alpha value is -4.41. The second-order valence-corrected chi connectivity index (χ2v) is 8.03. The molecule has 10 heteroatoms. The summed E-state index contributed by atoms with van der Waals surface area (Å²) in [6.07, 6.45) is 0.822. The molecule has 2 aromatic carbocycles. The number of guanidine groups is 1. The lowest BCUT2D eigenvalue weighted by atomic mass is 9.86. The van der Waals surface area contributed by atoms with Gasteiger partial charge in [-0.1, -0.05) is 11.2 Å². The van der Waals surface area contributed by atoms with Crippen LogP contribution < -0.4 is 15.4 Å². The molecule has 0 saturated carbocycles. The summed E-state index contributed by atoms with van der Waals surface area (Å²) in [4.78, 5) is 8.82. The average Bonchev–Trinajstić information content (AvgIpc) is 3.23. The van der Waals surface area contributed by atoms with Crippen molar-refractivity contribution in [2.75, 3.05) is 5.32 Å². The summed E-state index contributed by atoms with van der Waals surface area (Å²) in [6.45, 7) is 5.23. The number of fused-ring (bicyclic) bond motifs is 1. The number of rotatable bonds is 3. The third kappa shape index (κ3) is 4.47. The van der Waals surface area contributed by atoms with Gasteiger partial charge in [0.05, 0.1) is 11.6 Å². The van der Waals surface area contributed by atoms with Gasteiger partial charge in [0.25, 0.3) is 5.89 Å². The van der Waals surface area contributed by atoms with Gasteiger partial charge in [-0.05, 0) is 57.2 Å². The van der Waals surface area contributed by atoms with Gasteiger partial charge in [-0.25, -0.2) is 4.99 Å². The van der Waals surface area contributed by atoms with Crippen LogP contribution in [0.25, 0.3) is 11.5 Å². The Morgan fingerprint density at radius 1 is 1.21 bits per heavy atom. The SMILES string of the molecule is Cc1noc(-c2cccc(NC(=N[C@@H]3c4cc(C#N)ccc4OC(C)(C)[C@H]3O)NC#N)c2)n1. The minimum Gasteiger partial charge on any atom is -0.485 e. The molecule has 0 unspecified atom stereocenters. The number of nitrogens with zero attached hydrogens (tertiary/aromatic N) is 5. The molecule has 3 N–H and O–H groups in total. The minimum atomic E-state index is -1.04. The maximum atomic E-state index is 11.0. The standard InChI is InChI=1S/C23H21N7O3/c1-13-27-21(33-30-13)15-5-4-6-16(10-15)28-22(26-12-25)29-19-17-9-14(11-24)7-8-18(17)32-23(2,3)20(19)31/h4-10,19-20,31H,1-3H3,(H2,26,28,29)/t19-,20+/m1/s1. The summed E-state index contributed by atoms with van der Waals surface area (Å²) in [5.74, 6) is 1.51. The van der Waals surface area contributed by atoms with Crippen LogP contribution in [0.3, 0.4) is 0 Å². The van der Waals surface area contributed by atoms with Gasteiger partial charge in [0, 0.05) is 16.8 Å². The van der Waals surface area contributed by atoms with Crippen molar-refractivity contribution >= 4 is 11.6 Å². The van der Waals surface area contributed by atoms with E-state index < -0.39 is 17.7 Å². The third-order valence-corrected chi connectivity index (χ3v) is 5.18. The predicted octanol–water partition coefficient (Wildman–Crippen LogP) is 3.03. The fraction of sp³-hybridized carbons (Fsp3) is 0.261. The lowest BCUT2D eigenvalue weighted by Crippen LogP contribution is -2.49. The van der Waals surface area contributed by atoms with E-state index in [-0.39, 0.29) is 5.96 Å². The number of aliphatic hydroxyl groups is 1. The molecule has 0 fully saturated rings. The fourth-order valence-corrected chi connectivity index (χ4v) is 3.55. The van der Waals surface area contributed by atoms with Gasteiger partial charge in [-0.3, -0.25) is 5.32 Å². The van der Waals surface area contributed by atoms with Crippen LogP contribution in [0.1, 0.15) is 36.8 Å². The lowest BCUT2D eigenvalue weighted by Gasteiger charge is -2.40. The van der Waals surface area contributed by atoms with Crippen molar-refractivity contribution in [3.63, 3.8) is 0 Å². The van der Waals surface area contributed by atoms with E-state index in [0.717, 1.165) is 0 Å². The van der Waals surface area contributed by atoms with Crippen molar-refractivity contribution in [3.8, 4) is 29.5 Å². The Labute approximate surface area is 190 Å². The Bertz CT molecular complexity index is 1300. The second-order valence-electron chi connectivity index (χ2n) is 8.03. The van der Waals surface area contributed by atoms with E-state index in [1.54, 1.807) is 57.2 Å².